The lowest BCUT2D eigenvalue weighted by Crippen LogP contribution is -2.28. The number of nitrogens with zero attached hydrogens (tertiary/aromatic N) is 1. The van der Waals surface area contributed by atoms with E-state index in [1.54, 1.807) is 18.3 Å². The minimum absolute atomic E-state index is 0.0438. The number of esters is 1. The summed E-state index contributed by atoms with van der Waals surface area (Å²) in [4.78, 5) is 15.5. The molecule has 0 aromatic carbocycles. The lowest BCUT2D eigenvalue weighted by molar-refractivity contribution is 0.00476. The molecule has 0 saturated carbocycles. The summed E-state index contributed by atoms with van der Waals surface area (Å²) in [6, 6.07) is 3.42. The monoisotopic (exact) mass is 207 g/mol. The summed E-state index contributed by atoms with van der Waals surface area (Å²) in [6.45, 7) is 8.00. The van der Waals surface area contributed by atoms with Crippen LogP contribution in [0.25, 0.3) is 0 Å². The van der Waals surface area contributed by atoms with Crippen molar-refractivity contribution in [1.29, 1.82) is 0 Å². The highest BCUT2D eigenvalue weighted by Crippen LogP contribution is 2.22. The van der Waals surface area contributed by atoms with Crippen LogP contribution in [-0.2, 0) is 4.74 Å². The number of hydrogen-bond donors (Lipinski definition) is 0. The molecule has 0 aliphatic heterocycles. The summed E-state index contributed by atoms with van der Waals surface area (Å²) in [5.74, 6) is -0.314. The quantitative estimate of drug-likeness (QED) is 0.700. The number of rotatable bonds is 2. The van der Waals surface area contributed by atoms with Gasteiger partial charge in [0.25, 0.3) is 0 Å². The number of carbonyl (C=O) groups excluding carboxylic acids is 1. The van der Waals surface area contributed by atoms with Gasteiger partial charge in [-0.15, -0.1) is 0 Å². The number of ether oxygens (including phenoxy) is 1. The molecule has 1 unspecified atom stereocenters. The average Bonchev–Trinajstić information content (AvgIpc) is 2.17. The van der Waals surface area contributed by atoms with E-state index in [4.69, 9.17) is 4.74 Å². The van der Waals surface area contributed by atoms with Crippen molar-refractivity contribution in [2.45, 2.75) is 33.8 Å². The van der Waals surface area contributed by atoms with Gasteiger partial charge in [-0.2, -0.15) is 0 Å². The summed E-state index contributed by atoms with van der Waals surface area (Å²) in [5, 5.41) is 0. The first-order chi connectivity index (χ1) is 6.91. The van der Waals surface area contributed by atoms with E-state index in [1.165, 1.54) is 6.20 Å². The second-order valence-electron chi connectivity index (χ2n) is 4.66. The Labute approximate surface area is 90.5 Å². The SMILES string of the molecule is CC(OC(=O)c1cccnc1)C(C)(C)C. The zero-order valence-electron chi connectivity index (χ0n) is 9.65. The zero-order chi connectivity index (χ0) is 11.5. The summed E-state index contributed by atoms with van der Waals surface area (Å²) >= 11 is 0. The highest BCUT2D eigenvalue weighted by molar-refractivity contribution is 5.89. The number of hydrogen-bond acceptors (Lipinski definition) is 3. The molecule has 0 aliphatic carbocycles. The van der Waals surface area contributed by atoms with Crippen LogP contribution in [0.5, 0.6) is 0 Å². The molecule has 0 spiro atoms. The fraction of sp³-hybridized carbons (Fsp3) is 0.500. The second-order valence-corrected chi connectivity index (χ2v) is 4.66. The van der Waals surface area contributed by atoms with Crippen molar-refractivity contribution in [3.63, 3.8) is 0 Å². The van der Waals surface area contributed by atoms with Crippen molar-refractivity contribution < 1.29 is 9.53 Å². The molecule has 1 heterocycles. The Morgan fingerprint density at radius 3 is 2.60 bits per heavy atom. The van der Waals surface area contributed by atoms with Gasteiger partial charge in [0.2, 0.25) is 0 Å². The summed E-state index contributed by atoms with van der Waals surface area (Å²) in [6.07, 6.45) is 3.02. The van der Waals surface area contributed by atoms with Crippen molar-refractivity contribution in [3.8, 4) is 0 Å². The first kappa shape index (κ1) is 11.7. The molecule has 0 saturated heterocycles. The van der Waals surface area contributed by atoms with E-state index >= 15 is 0 Å². The van der Waals surface area contributed by atoms with Crippen LogP contribution in [0.3, 0.4) is 0 Å². The van der Waals surface area contributed by atoms with Gasteiger partial charge in [0.05, 0.1) is 5.56 Å². The molecule has 0 amide bonds. The Morgan fingerprint density at radius 1 is 1.47 bits per heavy atom. The zero-order valence-corrected chi connectivity index (χ0v) is 9.65. The maximum absolute atomic E-state index is 11.6. The summed E-state index contributed by atoms with van der Waals surface area (Å²) < 4.78 is 5.32. The molecule has 0 aliphatic rings. The Morgan fingerprint density at radius 2 is 2.13 bits per heavy atom. The van der Waals surface area contributed by atoms with Crippen molar-refractivity contribution in [3.05, 3.63) is 30.1 Å². The van der Waals surface area contributed by atoms with Crippen LogP contribution in [0.15, 0.2) is 24.5 Å². The first-order valence-corrected chi connectivity index (χ1v) is 5.02. The van der Waals surface area contributed by atoms with Gasteiger partial charge in [-0.3, -0.25) is 4.98 Å². The maximum Gasteiger partial charge on any atom is 0.339 e. The molecular formula is C12H17NO2. The summed E-state index contributed by atoms with van der Waals surface area (Å²) in [5.41, 5.74) is 0.450. The molecular weight excluding hydrogens is 190 g/mol. The molecule has 1 atom stereocenters. The highest BCUT2D eigenvalue weighted by Gasteiger charge is 2.24. The lowest BCUT2D eigenvalue weighted by atomic mass is 9.90. The molecule has 82 valence electrons. The maximum atomic E-state index is 11.6. The predicted molar refractivity (Wildman–Crippen MR) is 58.6 cm³/mol. The number of carbonyl (C=O) groups is 1. The largest absolute Gasteiger partial charge is 0.458 e. The van der Waals surface area contributed by atoms with Crippen LogP contribution in [0, 0.1) is 5.41 Å². The fourth-order valence-corrected chi connectivity index (χ4v) is 0.889. The van der Waals surface area contributed by atoms with E-state index in [0.717, 1.165) is 0 Å². The van der Waals surface area contributed by atoms with E-state index in [2.05, 4.69) is 4.98 Å². The normalized spacial score (nSPS) is 13.3. The first-order valence-electron chi connectivity index (χ1n) is 5.02. The Hall–Kier alpha value is -1.38. The van der Waals surface area contributed by atoms with Crippen molar-refractivity contribution in [1.82, 2.24) is 4.98 Å². The lowest BCUT2D eigenvalue weighted by Gasteiger charge is -2.26. The van der Waals surface area contributed by atoms with Gasteiger partial charge in [-0.1, -0.05) is 20.8 Å². The summed E-state index contributed by atoms with van der Waals surface area (Å²) in [7, 11) is 0. The third-order valence-electron chi connectivity index (χ3n) is 2.40. The van der Waals surface area contributed by atoms with Crippen LogP contribution in [-0.4, -0.2) is 17.1 Å². The Balaban J connectivity index is 2.65. The van der Waals surface area contributed by atoms with Gasteiger partial charge in [0, 0.05) is 12.4 Å². The van der Waals surface area contributed by atoms with Gasteiger partial charge in [-0.25, -0.2) is 4.79 Å². The standard InChI is InChI=1S/C12H17NO2/c1-9(12(2,3)4)15-11(14)10-6-5-7-13-8-10/h5-9H,1-4H3. The van der Waals surface area contributed by atoms with E-state index in [1.807, 2.05) is 27.7 Å². The topological polar surface area (TPSA) is 39.2 Å². The van der Waals surface area contributed by atoms with Gasteiger partial charge < -0.3 is 4.74 Å². The second kappa shape index (κ2) is 4.43. The Bertz CT molecular complexity index is 327. The fourth-order valence-electron chi connectivity index (χ4n) is 0.889. The third kappa shape index (κ3) is 3.35. The molecule has 0 radical (unpaired) electrons. The molecule has 0 fully saturated rings. The van der Waals surface area contributed by atoms with Crippen LogP contribution in [0.4, 0.5) is 0 Å². The number of aromatic nitrogens is 1. The molecule has 1 rings (SSSR count). The predicted octanol–water partition coefficient (Wildman–Crippen LogP) is 2.67. The van der Waals surface area contributed by atoms with Gasteiger partial charge in [-0.05, 0) is 24.5 Å². The van der Waals surface area contributed by atoms with Crippen LogP contribution in [0.1, 0.15) is 38.1 Å². The van der Waals surface area contributed by atoms with Crippen molar-refractivity contribution in [2.24, 2.45) is 5.41 Å². The average molecular weight is 207 g/mol. The van der Waals surface area contributed by atoms with Crippen LogP contribution in [0.2, 0.25) is 0 Å². The third-order valence-corrected chi connectivity index (χ3v) is 2.40. The van der Waals surface area contributed by atoms with E-state index in [0.29, 0.717) is 5.56 Å². The van der Waals surface area contributed by atoms with Gasteiger partial charge in [0.1, 0.15) is 6.10 Å². The smallest absolute Gasteiger partial charge is 0.339 e. The van der Waals surface area contributed by atoms with Crippen molar-refractivity contribution in [2.75, 3.05) is 0 Å². The molecule has 3 nitrogen and oxygen atoms in total. The van der Waals surface area contributed by atoms with Crippen molar-refractivity contribution >= 4 is 5.97 Å². The van der Waals surface area contributed by atoms with Crippen LogP contribution >= 0.6 is 0 Å². The van der Waals surface area contributed by atoms with E-state index < -0.39 is 0 Å². The minimum Gasteiger partial charge on any atom is -0.458 e. The minimum atomic E-state index is -0.314. The Kier molecular flexibility index (Phi) is 3.45. The molecule has 1 aromatic rings. The number of pyridine rings is 1. The van der Waals surface area contributed by atoms with E-state index in [-0.39, 0.29) is 17.5 Å². The molecule has 0 N–H and O–H groups in total. The van der Waals surface area contributed by atoms with Crippen LogP contribution < -0.4 is 0 Å². The molecule has 1 aromatic heterocycles. The van der Waals surface area contributed by atoms with E-state index in [9.17, 15) is 4.79 Å². The highest BCUT2D eigenvalue weighted by atomic mass is 16.5. The molecule has 0 bridgehead atoms. The molecule has 15 heavy (non-hydrogen) atoms. The van der Waals surface area contributed by atoms with Gasteiger partial charge in [0.15, 0.2) is 0 Å². The molecule has 3 heteroatoms. The van der Waals surface area contributed by atoms with Gasteiger partial charge >= 0.3 is 5.97 Å².